The molecule has 1 saturated heterocycles. The lowest BCUT2D eigenvalue weighted by atomic mass is 10.2. The highest BCUT2D eigenvalue weighted by molar-refractivity contribution is 8.18. The van der Waals surface area contributed by atoms with E-state index >= 15 is 0 Å². The van der Waals surface area contributed by atoms with Gasteiger partial charge in [-0.1, -0.05) is 23.7 Å². The first kappa shape index (κ1) is 10.3. The number of benzene rings is 1. The van der Waals surface area contributed by atoms with Crippen LogP contribution in [0.4, 0.5) is 4.79 Å². The third kappa shape index (κ3) is 2.40. The van der Waals surface area contributed by atoms with Crippen molar-refractivity contribution >= 4 is 40.5 Å². The van der Waals surface area contributed by atoms with Gasteiger partial charge < -0.3 is 5.32 Å². The molecule has 5 heteroatoms. The van der Waals surface area contributed by atoms with Crippen molar-refractivity contribution in [1.29, 1.82) is 5.41 Å². The third-order valence-electron chi connectivity index (χ3n) is 1.84. The normalized spacial score (nSPS) is 18.3. The Kier molecular flexibility index (Phi) is 2.79. The minimum Gasteiger partial charge on any atom is -0.301 e. The van der Waals surface area contributed by atoms with Gasteiger partial charge in [0.05, 0.1) is 4.91 Å². The number of halogens is 1. The summed E-state index contributed by atoms with van der Waals surface area (Å²) in [4.78, 5) is 11.6. The Morgan fingerprint density at radius 1 is 1.33 bits per heavy atom. The molecule has 0 unspecified atom stereocenters. The lowest BCUT2D eigenvalue weighted by Gasteiger charge is -1.96. The van der Waals surface area contributed by atoms with Gasteiger partial charge in [0.25, 0.3) is 5.24 Å². The van der Waals surface area contributed by atoms with Crippen molar-refractivity contribution in [3.8, 4) is 0 Å². The van der Waals surface area contributed by atoms with E-state index in [0.717, 1.165) is 17.3 Å². The molecule has 0 spiro atoms. The molecule has 0 atom stereocenters. The van der Waals surface area contributed by atoms with Crippen LogP contribution in [0.25, 0.3) is 6.08 Å². The predicted molar refractivity (Wildman–Crippen MR) is 63.3 cm³/mol. The van der Waals surface area contributed by atoms with Crippen molar-refractivity contribution in [2.45, 2.75) is 0 Å². The molecule has 2 N–H and O–H groups in total. The molecule has 1 fully saturated rings. The van der Waals surface area contributed by atoms with Crippen molar-refractivity contribution in [3.05, 3.63) is 39.8 Å². The summed E-state index contributed by atoms with van der Waals surface area (Å²) in [6, 6.07) is 7.22. The fourth-order valence-electron chi connectivity index (χ4n) is 1.15. The highest BCUT2D eigenvalue weighted by Gasteiger charge is 2.21. The average molecular weight is 239 g/mol. The Balaban J connectivity index is 2.27. The summed E-state index contributed by atoms with van der Waals surface area (Å²) in [5, 5.41) is 10.4. The summed E-state index contributed by atoms with van der Waals surface area (Å²) in [5.41, 5.74) is 0.920. The molecule has 1 aliphatic rings. The molecule has 76 valence electrons. The monoisotopic (exact) mass is 238 g/mol. The van der Waals surface area contributed by atoms with Crippen LogP contribution in [0.5, 0.6) is 0 Å². The third-order valence-corrected chi connectivity index (χ3v) is 2.93. The van der Waals surface area contributed by atoms with Gasteiger partial charge in [0, 0.05) is 5.02 Å². The second-order valence-electron chi connectivity index (χ2n) is 2.95. The number of amides is 1. The Bertz CT molecular complexity index is 453. The maximum absolute atomic E-state index is 11.0. The molecule has 1 aromatic carbocycles. The zero-order valence-corrected chi connectivity index (χ0v) is 9.15. The van der Waals surface area contributed by atoms with Crippen LogP contribution < -0.4 is 5.32 Å². The summed E-state index contributed by atoms with van der Waals surface area (Å²) < 4.78 is 0. The molecule has 0 saturated carbocycles. The van der Waals surface area contributed by atoms with Crippen molar-refractivity contribution in [3.63, 3.8) is 0 Å². The van der Waals surface area contributed by atoms with E-state index in [4.69, 9.17) is 17.0 Å². The first-order valence-electron chi connectivity index (χ1n) is 4.20. The van der Waals surface area contributed by atoms with Crippen molar-refractivity contribution in [1.82, 2.24) is 5.32 Å². The summed E-state index contributed by atoms with van der Waals surface area (Å²) in [6.45, 7) is 0. The summed E-state index contributed by atoms with van der Waals surface area (Å²) >= 11 is 6.77. The van der Waals surface area contributed by atoms with Crippen LogP contribution in [0.1, 0.15) is 5.56 Å². The second-order valence-corrected chi connectivity index (χ2v) is 4.40. The van der Waals surface area contributed by atoms with E-state index in [0.29, 0.717) is 9.93 Å². The molecular formula is C10H7ClN2OS. The topological polar surface area (TPSA) is 53.0 Å². The van der Waals surface area contributed by atoms with Crippen LogP contribution in [0.3, 0.4) is 0 Å². The summed E-state index contributed by atoms with van der Waals surface area (Å²) in [7, 11) is 0. The highest BCUT2D eigenvalue weighted by Crippen LogP contribution is 2.25. The molecule has 15 heavy (non-hydrogen) atoms. The number of nitrogens with one attached hydrogen (secondary N) is 2. The van der Waals surface area contributed by atoms with Gasteiger partial charge in [-0.3, -0.25) is 10.2 Å². The van der Waals surface area contributed by atoms with E-state index in [9.17, 15) is 4.79 Å². The minimum absolute atomic E-state index is 0.153. The molecule has 2 rings (SSSR count). The van der Waals surface area contributed by atoms with Crippen LogP contribution in [0.15, 0.2) is 29.2 Å². The van der Waals surface area contributed by atoms with Crippen molar-refractivity contribution in [2.75, 3.05) is 0 Å². The zero-order valence-electron chi connectivity index (χ0n) is 7.58. The molecule has 0 aromatic heterocycles. The van der Waals surface area contributed by atoms with Gasteiger partial charge in [0.1, 0.15) is 5.84 Å². The number of carbonyl (C=O) groups excluding carboxylic acids is 1. The van der Waals surface area contributed by atoms with E-state index in [1.807, 2.05) is 12.1 Å². The lowest BCUT2D eigenvalue weighted by molar-refractivity contribution is 0.265. The Hall–Kier alpha value is -1.26. The van der Waals surface area contributed by atoms with Crippen LogP contribution in [-0.4, -0.2) is 11.1 Å². The highest BCUT2D eigenvalue weighted by atomic mass is 35.5. The number of rotatable bonds is 1. The van der Waals surface area contributed by atoms with Gasteiger partial charge in [-0.25, -0.2) is 0 Å². The first-order chi connectivity index (χ1) is 7.15. The number of hydrogen-bond donors (Lipinski definition) is 2. The molecule has 0 aliphatic carbocycles. The van der Waals surface area contributed by atoms with Crippen molar-refractivity contribution < 1.29 is 4.79 Å². The second kappa shape index (κ2) is 4.08. The standard InChI is InChI=1S/C10H7ClN2OS/c11-7-3-1-6(2-4-7)5-8-9(12)13-10(14)15-8/h1-5H,(H2,12,13,14)/b8-5-. The lowest BCUT2D eigenvalue weighted by Crippen LogP contribution is -2.17. The predicted octanol–water partition coefficient (Wildman–Crippen LogP) is 3.11. The van der Waals surface area contributed by atoms with Gasteiger partial charge in [-0.15, -0.1) is 0 Å². The van der Waals surface area contributed by atoms with Crippen LogP contribution in [-0.2, 0) is 0 Å². The summed E-state index contributed by atoms with van der Waals surface area (Å²) in [5.74, 6) is 0.153. The smallest absolute Gasteiger partial charge is 0.289 e. The molecule has 0 radical (unpaired) electrons. The molecule has 1 aliphatic heterocycles. The van der Waals surface area contributed by atoms with E-state index < -0.39 is 0 Å². The SMILES string of the molecule is N=C1NC(=O)S/C1=C\c1ccc(Cl)cc1. The molecule has 0 bridgehead atoms. The Morgan fingerprint density at radius 2 is 2.00 bits per heavy atom. The maximum atomic E-state index is 11.0. The first-order valence-corrected chi connectivity index (χ1v) is 5.39. The van der Waals surface area contributed by atoms with Crippen LogP contribution in [0.2, 0.25) is 5.02 Å². The van der Waals surface area contributed by atoms with Crippen LogP contribution in [0, 0.1) is 5.41 Å². The van der Waals surface area contributed by atoms with Gasteiger partial charge in [-0.2, -0.15) is 0 Å². The summed E-state index contributed by atoms with van der Waals surface area (Å²) in [6.07, 6.45) is 1.78. The molecule has 1 heterocycles. The maximum Gasteiger partial charge on any atom is 0.289 e. The Morgan fingerprint density at radius 3 is 2.53 bits per heavy atom. The number of thioether (sulfide) groups is 1. The minimum atomic E-state index is -0.208. The fraction of sp³-hybridized carbons (Fsp3) is 0. The largest absolute Gasteiger partial charge is 0.301 e. The molecule has 1 aromatic rings. The van der Waals surface area contributed by atoms with E-state index in [1.165, 1.54) is 0 Å². The molecule has 1 amide bonds. The number of hydrogen-bond acceptors (Lipinski definition) is 3. The van der Waals surface area contributed by atoms with E-state index in [-0.39, 0.29) is 11.1 Å². The average Bonchev–Trinajstić information content (AvgIpc) is 2.49. The number of amidine groups is 1. The van der Waals surface area contributed by atoms with Gasteiger partial charge in [0.2, 0.25) is 0 Å². The van der Waals surface area contributed by atoms with Gasteiger partial charge in [0.15, 0.2) is 0 Å². The Labute approximate surface area is 96.0 Å². The van der Waals surface area contributed by atoms with E-state index in [1.54, 1.807) is 18.2 Å². The number of carbonyl (C=O) groups is 1. The quantitative estimate of drug-likeness (QED) is 0.790. The van der Waals surface area contributed by atoms with Gasteiger partial charge in [-0.05, 0) is 35.5 Å². The van der Waals surface area contributed by atoms with Gasteiger partial charge >= 0.3 is 0 Å². The van der Waals surface area contributed by atoms with Crippen molar-refractivity contribution in [2.24, 2.45) is 0 Å². The zero-order chi connectivity index (χ0) is 10.8. The van der Waals surface area contributed by atoms with Crippen LogP contribution >= 0.6 is 23.4 Å². The molecule has 3 nitrogen and oxygen atoms in total. The fourth-order valence-corrected chi connectivity index (χ4v) is 1.98. The molecular weight excluding hydrogens is 232 g/mol. The van der Waals surface area contributed by atoms with E-state index in [2.05, 4.69) is 5.32 Å².